The van der Waals surface area contributed by atoms with Crippen molar-refractivity contribution in [2.45, 2.75) is 50.0 Å². The van der Waals surface area contributed by atoms with E-state index in [1.807, 2.05) is 66.7 Å². The van der Waals surface area contributed by atoms with Gasteiger partial charge in [0.15, 0.2) is 5.54 Å². The van der Waals surface area contributed by atoms with Crippen LogP contribution in [0, 0.1) is 0 Å². The zero-order chi connectivity index (χ0) is 29.7. The lowest BCUT2D eigenvalue weighted by atomic mass is 9.96. The van der Waals surface area contributed by atoms with Crippen LogP contribution < -0.4 is 5.32 Å². The van der Waals surface area contributed by atoms with E-state index >= 15 is 0 Å². The number of benzene rings is 3. The molecule has 0 saturated carbocycles. The molecular weight excluding hydrogens is 536 g/mol. The van der Waals surface area contributed by atoms with E-state index in [1.165, 1.54) is 12.0 Å². The summed E-state index contributed by atoms with van der Waals surface area (Å²) in [6.07, 6.45) is -0.818. The number of aliphatic carboxylic acids is 1. The molecule has 1 heterocycles. The third-order valence-electron chi connectivity index (χ3n) is 8.24. The fraction of sp³-hybridized carbons (Fsp3) is 0.364. The van der Waals surface area contributed by atoms with E-state index in [0.29, 0.717) is 6.42 Å². The number of likely N-dealkylation sites (tertiary alicyclic amines) is 1. The number of fused-ring (bicyclic) bond motifs is 3. The molecule has 3 atom stereocenters. The predicted octanol–water partition coefficient (Wildman–Crippen LogP) is 4.59. The monoisotopic (exact) mass is 572 g/mol. The molecule has 9 nitrogen and oxygen atoms in total. The summed E-state index contributed by atoms with van der Waals surface area (Å²) in [5.74, 6) is -1.85. The number of nitrogens with one attached hydrogen (secondary N) is 1. The highest BCUT2D eigenvalue weighted by atomic mass is 16.5. The van der Waals surface area contributed by atoms with E-state index in [2.05, 4.69) is 17.4 Å². The van der Waals surface area contributed by atoms with Crippen LogP contribution in [0.15, 0.2) is 78.9 Å². The number of ether oxygens (including phenoxy) is 3. The number of hydrogen-bond donors (Lipinski definition) is 2. The average molecular weight is 573 g/mol. The Kier molecular flexibility index (Phi) is 8.89. The van der Waals surface area contributed by atoms with Gasteiger partial charge in [-0.05, 0) is 47.6 Å². The largest absolute Gasteiger partial charge is 0.479 e. The molecular formula is C33H36N2O7. The molecule has 5 rings (SSSR count). The summed E-state index contributed by atoms with van der Waals surface area (Å²) in [6, 6.07) is 24.3. The highest BCUT2D eigenvalue weighted by Crippen LogP contribution is 2.44. The molecule has 1 unspecified atom stereocenters. The minimum absolute atomic E-state index is 0.0759. The molecule has 0 aromatic heterocycles. The number of nitrogens with zero attached hydrogens (tertiary/aromatic N) is 1. The minimum atomic E-state index is -1.52. The van der Waals surface area contributed by atoms with Gasteiger partial charge in [-0.2, -0.15) is 0 Å². The molecule has 0 spiro atoms. The number of carbonyl (C=O) groups is 3. The standard InChI is InChI=1S/C33H36N2O7/c1-22(41-19-23-11-4-3-5-12-23)29(30(36)35-18-10-17-33(35,21-40-2)31(37)38)34-32(39)42-20-28-26-15-8-6-13-24(26)25-14-7-9-16-27(25)28/h3-9,11-16,22,28-29H,10,17-21H2,1-2H3,(H,34,39)(H,37,38)/t22-,29+,33?/m0/s1. The molecule has 9 heteroatoms. The Labute approximate surface area is 245 Å². The van der Waals surface area contributed by atoms with Crippen LogP contribution in [0.2, 0.25) is 0 Å². The number of carboxylic acids is 1. The van der Waals surface area contributed by atoms with Crippen molar-refractivity contribution in [2.24, 2.45) is 0 Å². The smallest absolute Gasteiger partial charge is 0.407 e. The van der Waals surface area contributed by atoms with Gasteiger partial charge in [0, 0.05) is 19.6 Å². The van der Waals surface area contributed by atoms with Gasteiger partial charge < -0.3 is 29.5 Å². The number of carbonyl (C=O) groups excluding carboxylic acids is 2. The number of rotatable bonds is 11. The highest BCUT2D eigenvalue weighted by Gasteiger charge is 2.52. The Balaban J connectivity index is 1.34. The van der Waals surface area contributed by atoms with E-state index in [-0.39, 0.29) is 38.7 Å². The van der Waals surface area contributed by atoms with Gasteiger partial charge in [0.05, 0.1) is 19.3 Å². The molecule has 2 N–H and O–H groups in total. The van der Waals surface area contributed by atoms with Gasteiger partial charge in [0.1, 0.15) is 12.6 Å². The summed E-state index contributed by atoms with van der Waals surface area (Å²) in [4.78, 5) is 40.9. The van der Waals surface area contributed by atoms with Gasteiger partial charge in [-0.15, -0.1) is 0 Å². The van der Waals surface area contributed by atoms with Crippen LogP contribution in [0.4, 0.5) is 4.79 Å². The van der Waals surface area contributed by atoms with Gasteiger partial charge in [0.25, 0.3) is 0 Å². The highest BCUT2D eigenvalue weighted by molar-refractivity contribution is 5.92. The Hall–Kier alpha value is -4.21. The molecule has 1 aliphatic heterocycles. The maximum atomic E-state index is 14.0. The van der Waals surface area contributed by atoms with Crippen LogP contribution in [-0.4, -0.2) is 72.5 Å². The molecule has 1 fully saturated rings. The average Bonchev–Trinajstić information content (AvgIpc) is 3.58. The lowest BCUT2D eigenvalue weighted by molar-refractivity contribution is -0.162. The second kappa shape index (κ2) is 12.8. The fourth-order valence-electron chi connectivity index (χ4n) is 6.09. The Morgan fingerprint density at radius 1 is 0.976 bits per heavy atom. The zero-order valence-electron chi connectivity index (χ0n) is 23.8. The molecule has 0 bridgehead atoms. The van der Waals surface area contributed by atoms with Gasteiger partial charge in [-0.3, -0.25) is 4.79 Å². The maximum Gasteiger partial charge on any atom is 0.407 e. The van der Waals surface area contributed by atoms with Crippen LogP contribution in [0.3, 0.4) is 0 Å². The Morgan fingerprint density at radius 2 is 1.60 bits per heavy atom. The SMILES string of the molecule is COCC1(C(=O)O)CCCN1C(=O)[C@H](NC(=O)OCC1c2ccccc2-c2ccccc21)[C@H](C)OCc1ccccc1. The molecule has 42 heavy (non-hydrogen) atoms. The molecule has 3 aromatic carbocycles. The van der Waals surface area contributed by atoms with Crippen molar-refractivity contribution >= 4 is 18.0 Å². The van der Waals surface area contributed by atoms with Crippen molar-refractivity contribution < 1.29 is 33.7 Å². The number of carboxylic acid groups (broad SMARTS) is 1. The van der Waals surface area contributed by atoms with E-state index in [1.54, 1.807) is 6.92 Å². The van der Waals surface area contributed by atoms with E-state index in [4.69, 9.17) is 14.2 Å². The molecule has 2 amide bonds. The molecule has 0 radical (unpaired) electrons. The fourth-order valence-corrected chi connectivity index (χ4v) is 6.09. The van der Waals surface area contributed by atoms with Crippen LogP contribution in [0.25, 0.3) is 11.1 Å². The third kappa shape index (κ3) is 5.75. The quantitative estimate of drug-likeness (QED) is 0.345. The predicted molar refractivity (Wildman–Crippen MR) is 156 cm³/mol. The van der Waals surface area contributed by atoms with Gasteiger partial charge in [0.2, 0.25) is 5.91 Å². The summed E-state index contributed by atoms with van der Waals surface area (Å²) in [7, 11) is 1.41. The van der Waals surface area contributed by atoms with Crippen molar-refractivity contribution in [3.63, 3.8) is 0 Å². The van der Waals surface area contributed by atoms with Crippen molar-refractivity contribution in [2.75, 3.05) is 26.9 Å². The van der Waals surface area contributed by atoms with E-state index in [9.17, 15) is 19.5 Å². The second-order valence-electron chi connectivity index (χ2n) is 10.8. The zero-order valence-corrected chi connectivity index (χ0v) is 23.8. The third-order valence-corrected chi connectivity index (χ3v) is 8.24. The lowest BCUT2D eigenvalue weighted by Crippen LogP contribution is -2.62. The second-order valence-corrected chi connectivity index (χ2v) is 10.8. The van der Waals surface area contributed by atoms with E-state index in [0.717, 1.165) is 27.8 Å². The molecule has 220 valence electrons. The number of hydrogen-bond acceptors (Lipinski definition) is 6. The summed E-state index contributed by atoms with van der Waals surface area (Å²) >= 11 is 0. The van der Waals surface area contributed by atoms with Crippen LogP contribution >= 0.6 is 0 Å². The van der Waals surface area contributed by atoms with Crippen molar-refractivity contribution in [1.82, 2.24) is 10.2 Å². The van der Waals surface area contributed by atoms with Crippen molar-refractivity contribution in [1.29, 1.82) is 0 Å². The molecule has 2 aliphatic rings. The van der Waals surface area contributed by atoms with Crippen molar-refractivity contribution in [3.8, 4) is 11.1 Å². The van der Waals surface area contributed by atoms with Crippen LogP contribution in [0.5, 0.6) is 0 Å². The number of methoxy groups -OCH3 is 1. The summed E-state index contributed by atoms with van der Waals surface area (Å²) in [6.45, 7) is 2.03. The van der Waals surface area contributed by atoms with Crippen LogP contribution in [0.1, 0.15) is 42.4 Å². The lowest BCUT2D eigenvalue weighted by Gasteiger charge is -2.37. The summed E-state index contributed by atoms with van der Waals surface area (Å²) in [5, 5.41) is 12.8. The number of amides is 2. The molecule has 3 aromatic rings. The van der Waals surface area contributed by atoms with Crippen LogP contribution in [-0.2, 0) is 30.4 Å². The van der Waals surface area contributed by atoms with Gasteiger partial charge in [-0.1, -0.05) is 78.9 Å². The first-order valence-electron chi connectivity index (χ1n) is 14.2. The molecule has 1 aliphatic carbocycles. The van der Waals surface area contributed by atoms with Crippen molar-refractivity contribution in [3.05, 3.63) is 95.6 Å². The summed E-state index contributed by atoms with van der Waals surface area (Å²) < 4.78 is 17.0. The van der Waals surface area contributed by atoms with Gasteiger partial charge >= 0.3 is 12.1 Å². The first-order valence-corrected chi connectivity index (χ1v) is 14.2. The first-order chi connectivity index (χ1) is 20.4. The molecule has 1 saturated heterocycles. The normalized spacial score (nSPS) is 19.0. The maximum absolute atomic E-state index is 14.0. The minimum Gasteiger partial charge on any atom is -0.479 e. The summed E-state index contributed by atoms with van der Waals surface area (Å²) in [5.41, 5.74) is 3.73. The Morgan fingerprint density at radius 3 is 2.21 bits per heavy atom. The topological polar surface area (TPSA) is 114 Å². The first kappa shape index (κ1) is 29.3. The van der Waals surface area contributed by atoms with E-state index < -0.39 is 35.7 Å². The Bertz CT molecular complexity index is 1380. The number of alkyl carbamates (subject to hydrolysis) is 1. The van der Waals surface area contributed by atoms with Gasteiger partial charge in [-0.25, -0.2) is 9.59 Å².